The SMILES string of the molecule is CC1=C(O)c2cc(O)c3c(c2C(=O)C1=O)C=CC(C)(C)O3. The van der Waals surface area contributed by atoms with Crippen LogP contribution in [0.5, 0.6) is 11.5 Å². The van der Waals surface area contributed by atoms with Crippen molar-refractivity contribution in [1.82, 2.24) is 0 Å². The van der Waals surface area contributed by atoms with Crippen molar-refractivity contribution in [2.75, 3.05) is 0 Å². The largest absolute Gasteiger partial charge is 0.507 e. The quantitative estimate of drug-likeness (QED) is 0.716. The summed E-state index contributed by atoms with van der Waals surface area (Å²) in [5.74, 6) is -1.76. The number of Topliss-reactive ketones (excluding diaryl/α,β-unsaturated/α-hetero) is 2. The second-order valence-corrected chi connectivity index (χ2v) is 5.73. The van der Waals surface area contributed by atoms with E-state index in [2.05, 4.69) is 0 Å². The minimum Gasteiger partial charge on any atom is -0.507 e. The number of aromatic hydroxyl groups is 1. The molecule has 0 saturated heterocycles. The van der Waals surface area contributed by atoms with Gasteiger partial charge in [-0.25, -0.2) is 0 Å². The molecule has 0 amide bonds. The number of carbonyl (C=O) groups excluding carboxylic acids is 2. The van der Waals surface area contributed by atoms with Gasteiger partial charge in [0.1, 0.15) is 11.4 Å². The van der Waals surface area contributed by atoms with Crippen molar-refractivity contribution in [1.29, 1.82) is 0 Å². The average Bonchev–Trinajstić information content (AvgIpc) is 2.42. The lowest BCUT2D eigenvalue weighted by molar-refractivity contribution is -0.111. The zero-order valence-corrected chi connectivity index (χ0v) is 11.9. The molecule has 5 heteroatoms. The van der Waals surface area contributed by atoms with Gasteiger partial charge in [0.25, 0.3) is 0 Å². The molecule has 0 bridgehead atoms. The van der Waals surface area contributed by atoms with Gasteiger partial charge in [-0.15, -0.1) is 0 Å². The van der Waals surface area contributed by atoms with E-state index in [0.29, 0.717) is 5.56 Å². The normalized spacial score (nSPS) is 19.2. The molecule has 1 aromatic carbocycles. The van der Waals surface area contributed by atoms with E-state index >= 15 is 0 Å². The number of fused-ring (bicyclic) bond motifs is 3. The van der Waals surface area contributed by atoms with Crippen molar-refractivity contribution >= 4 is 23.4 Å². The van der Waals surface area contributed by atoms with Crippen LogP contribution in [-0.4, -0.2) is 27.4 Å². The molecule has 21 heavy (non-hydrogen) atoms. The number of phenolic OH excluding ortho intramolecular Hbond substituents is 1. The van der Waals surface area contributed by atoms with Crippen molar-refractivity contribution in [3.05, 3.63) is 34.4 Å². The number of ether oxygens (including phenoxy) is 1. The Morgan fingerprint density at radius 2 is 1.81 bits per heavy atom. The predicted octanol–water partition coefficient (Wildman–Crippen LogP) is 2.63. The number of benzene rings is 1. The summed E-state index contributed by atoms with van der Waals surface area (Å²) in [5, 5.41) is 20.2. The van der Waals surface area contributed by atoms with Crippen LogP contribution in [0.25, 0.3) is 11.8 Å². The highest BCUT2D eigenvalue weighted by Crippen LogP contribution is 2.44. The van der Waals surface area contributed by atoms with Gasteiger partial charge in [0.15, 0.2) is 11.5 Å². The number of aliphatic hydroxyl groups excluding tert-OH is 1. The second kappa shape index (κ2) is 3.97. The van der Waals surface area contributed by atoms with Crippen LogP contribution in [0.4, 0.5) is 0 Å². The second-order valence-electron chi connectivity index (χ2n) is 5.73. The van der Waals surface area contributed by atoms with E-state index in [4.69, 9.17) is 4.74 Å². The van der Waals surface area contributed by atoms with E-state index in [9.17, 15) is 19.8 Å². The first kappa shape index (κ1) is 13.4. The van der Waals surface area contributed by atoms with Gasteiger partial charge in [-0.3, -0.25) is 9.59 Å². The molecule has 0 atom stereocenters. The number of hydrogen-bond donors (Lipinski definition) is 2. The number of aliphatic hydroxyl groups is 1. The molecule has 2 aliphatic rings. The van der Waals surface area contributed by atoms with E-state index in [1.807, 2.05) is 0 Å². The average molecular weight is 286 g/mol. The molecule has 3 rings (SSSR count). The predicted molar refractivity (Wildman–Crippen MR) is 76.4 cm³/mol. The lowest BCUT2D eigenvalue weighted by Crippen LogP contribution is -2.30. The Hall–Kier alpha value is -2.56. The number of ketones is 2. The Kier molecular flexibility index (Phi) is 2.54. The van der Waals surface area contributed by atoms with Crippen molar-refractivity contribution in [2.24, 2.45) is 0 Å². The van der Waals surface area contributed by atoms with Crippen LogP contribution in [0.1, 0.15) is 42.3 Å². The van der Waals surface area contributed by atoms with E-state index in [1.54, 1.807) is 26.0 Å². The van der Waals surface area contributed by atoms with Gasteiger partial charge in [0.05, 0.1) is 0 Å². The van der Waals surface area contributed by atoms with Gasteiger partial charge < -0.3 is 14.9 Å². The topological polar surface area (TPSA) is 83.8 Å². The van der Waals surface area contributed by atoms with Crippen LogP contribution in [0.15, 0.2) is 17.7 Å². The maximum absolute atomic E-state index is 12.3. The summed E-state index contributed by atoms with van der Waals surface area (Å²) in [6.07, 6.45) is 3.37. The standard InChI is InChI=1S/C16H14O5/c1-7-12(18)9-6-10(17)15-8(4-5-16(2,3)21-15)11(9)14(20)13(7)19/h4-6,17-18H,1-3H3. The van der Waals surface area contributed by atoms with Crippen LogP contribution in [0, 0.1) is 0 Å². The molecule has 0 radical (unpaired) electrons. The molecule has 5 nitrogen and oxygen atoms in total. The van der Waals surface area contributed by atoms with E-state index in [-0.39, 0.29) is 34.0 Å². The third-order valence-corrected chi connectivity index (χ3v) is 3.70. The lowest BCUT2D eigenvalue weighted by Gasteiger charge is -2.30. The van der Waals surface area contributed by atoms with Gasteiger partial charge in [-0.1, -0.05) is 6.08 Å². The maximum Gasteiger partial charge on any atom is 0.234 e. The third-order valence-electron chi connectivity index (χ3n) is 3.70. The highest BCUT2D eigenvalue weighted by molar-refractivity contribution is 6.52. The number of rotatable bonds is 0. The molecule has 2 N–H and O–H groups in total. The number of carbonyl (C=O) groups is 2. The zero-order chi connectivity index (χ0) is 15.5. The third kappa shape index (κ3) is 1.77. The van der Waals surface area contributed by atoms with Crippen molar-refractivity contribution in [3.8, 4) is 11.5 Å². The molecule has 108 valence electrons. The van der Waals surface area contributed by atoms with Gasteiger partial charge >= 0.3 is 0 Å². The van der Waals surface area contributed by atoms with Gasteiger partial charge in [-0.2, -0.15) is 0 Å². The monoisotopic (exact) mass is 286 g/mol. The van der Waals surface area contributed by atoms with Crippen LogP contribution in [0.3, 0.4) is 0 Å². The number of allylic oxidation sites excluding steroid dienone is 1. The first-order valence-electron chi connectivity index (χ1n) is 6.50. The summed E-state index contributed by atoms with van der Waals surface area (Å²) in [6.45, 7) is 4.99. The smallest absolute Gasteiger partial charge is 0.234 e. The van der Waals surface area contributed by atoms with Gasteiger partial charge in [0, 0.05) is 22.3 Å². The molecule has 0 unspecified atom stereocenters. The summed E-state index contributed by atoms with van der Waals surface area (Å²) < 4.78 is 5.66. The molecule has 0 aromatic heterocycles. The van der Waals surface area contributed by atoms with Gasteiger partial charge in [-0.05, 0) is 32.9 Å². The molecular weight excluding hydrogens is 272 g/mol. The Morgan fingerprint density at radius 1 is 1.14 bits per heavy atom. The highest BCUT2D eigenvalue weighted by Gasteiger charge is 2.37. The molecule has 1 aliphatic heterocycles. The van der Waals surface area contributed by atoms with Gasteiger partial charge in [0.2, 0.25) is 11.6 Å². The molecule has 1 aromatic rings. The molecule has 1 heterocycles. The first-order valence-corrected chi connectivity index (χ1v) is 6.50. The first-order chi connectivity index (χ1) is 9.73. The summed E-state index contributed by atoms with van der Waals surface area (Å²) in [5.41, 5.74) is -0.104. The minimum atomic E-state index is -0.744. The van der Waals surface area contributed by atoms with Crippen LogP contribution in [-0.2, 0) is 4.79 Å². The summed E-state index contributed by atoms with van der Waals surface area (Å²) in [7, 11) is 0. The summed E-state index contributed by atoms with van der Waals surface area (Å²) >= 11 is 0. The Bertz CT molecular complexity index is 765. The lowest BCUT2D eigenvalue weighted by atomic mass is 9.84. The van der Waals surface area contributed by atoms with E-state index in [0.717, 1.165) is 0 Å². The van der Waals surface area contributed by atoms with Crippen molar-refractivity contribution < 1.29 is 24.5 Å². The summed E-state index contributed by atoms with van der Waals surface area (Å²) in [4.78, 5) is 24.2. The maximum atomic E-state index is 12.3. The minimum absolute atomic E-state index is 0.0205. The van der Waals surface area contributed by atoms with Crippen LogP contribution in [0.2, 0.25) is 0 Å². The van der Waals surface area contributed by atoms with Crippen LogP contribution >= 0.6 is 0 Å². The van der Waals surface area contributed by atoms with Crippen LogP contribution < -0.4 is 4.74 Å². The molecule has 0 fully saturated rings. The Balaban J connectivity index is 2.37. The highest BCUT2D eigenvalue weighted by atomic mass is 16.5. The van der Waals surface area contributed by atoms with E-state index < -0.39 is 17.2 Å². The van der Waals surface area contributed by atoms with Crippen molar-refractivity contribution in [2.45, 2.75) is 26.4 Å². The molecular formula is C16H14O5. The zero-order valence-electron chi connectivity index (χ0n) is 11.9. The molecule has 0 saturated carbocycles. The van der Waals surface area contributed by atoms with E-state index in [1.165, 1.54) is 13.0 Å². The number of phenols is 1. The fraction of sp³-hybridized carbons (Fsp3) is 0.250. The van der Waals surface area contributed by atoms with Crippen molar-refractivity contribution in [3.63, 3.8) is 0 Å². The summed E-state index contributed by atoms with van der Waals surface area (Å²) in [6, 6.07) is 1.26. The Labute approximate surface area is 121 Å². The molecule has 0 spiro atoms. The molecule has 1 aliphatic carbocycles. The Morgan fingerprint density at radius 3 is 2.48 bits per heavy atom. The fourth-order valence-electron chi connectivity index (χ4n) is 2.54. The fourth-order valence-corrected chi connectivity index (χ4v) is 2.54. The number of hydrogen-bond acceptors (Lipinski definition) is 5.